The number of ether oxygens (including phenoxy) is 1. The van der Waals surface area contributed by atoms with Gasteiger partial charge >= 0.3 is 0 Å². The van der Waals surface area contributed by atoms with E-state index in [4.69, 9.17) is 16.3 Å². The molecule has 0 fully saturated rings. The maximum Gasteiger partial charge on any atom is 0.150 e. The number of para-hydroxylation sites is 1. The van der Waals surface area contributed by atoms with Gasteiger partial charge in [-0.25, -0.2) is 4.98 Å². The second-order valence-electron chi connectivity index (χ2n) is 4.29. The summed E-state index contributed by atoms with van der Waals surface area (Å²) in [4.78, 5) is 8.09. The Morgan fingerprint density at radius 2 is 1.57 bits per heavy atom. The van der Waals surface area contributed by atoms with Crippen molar-refractivity contribution in [3.63, 3.8) is 0 Å². The number of rotatable bonds is 4. The van der Waals surface area contributed by atoms with Crippen molar-refractivity contribution in [2.45, 2.75) is 0 Å². The molecule has 0 radical (unpaired) electrons. The lowest BCUT2D eigenvalue weighted by molar-refractivity contribution is 0.483. The van der Waals surface area contributed by atoms with Gasteiger partial charge in [0, 0.05) is 5.69 Å². The van der Waals surface area contributed by atoms with Crippen LogP contribution in [0.5, 0.6) is 11.5 Å². The highest BCUT2D eigenvalue weighted by Gasteiger charge is 2.00. The van der Waals surface area contributed by atoms with Gasteiger partial charge in [0.05, 0.1) is 12.4 Å². The van der Waals surface area contributed by atoms with Crippen molar-refractivity contribution < 1.29 is 4.74 Å². The summed E-state index contributed by atoms with van der Waals surface area (Å²) in [5.74, 6) is 2.17. The van der Waals surface area contributed by atoms with Crippen LogP contribution in [0.2, 0.25) is 5.15 Å². The summed E-state index contributed by atoms with van der Waals surface area (Å²) in [7, 11) is 0. The molecule has 5 heteroatoms. The summed E-state index contributed by atoms with van der Waals surface area (Å²) in [5.41, 5.74) is 0.881. The molecule has 1 aromatic heterocycles. The van der Waals surface area contributed by atoms with Gasteiger partial charge in [0.1, 0.15) is 16.7 Å². The molecule has 0 amide bonds. The van der Waals surface area contributed by atoms with Crippen molar-refractivity contribution in [2.24, 2.45) is 0 Å². The maximum atomic E-state index is 5.79. The third-order valence-corrected chi connectivity index (χ3v) is 2.89. The monoisotopic (exact) mass is 297 g/mol. The van der Waals surface area contributed by atoms with Crippen LogP contribution in [-0.4, -0.2) is 9.97 Å². The Labute approximate surface area is 127 Å². The van der Waals surface area contributed by atoms with Gasteiger partial charge in [0.25, 0.3) is 0 Å². The molecule has 0 bridgehead atoms. The summed E-state index contributed by atoms with van der Waals surface area (Å²) >= 11 is 5.79. The number of benzene rings is 2. The van der Waals surface area contributed by atoms with Crippen molar-refractivity contribution in [2.75, 3.05) is 5.32 Å². The number of aromatic nitrogens is 2. The van der Waals surface area contributed by atoms with E-state index < -0.39 is 0 Å². The van der Waals surface area contributed by atoms with Crippen LogP contribution in [0.25, 0.3) is 0 Å². The molecule has 0 saturated carbocycles. The molecule has 1 N–H and O–H groups in total. The standard InChI is InChI=1S/C16H12ClN3O/c17-15-10-18-11-16(20-15)19-12-6-8-14(9-7-12)21-13-4-2-1-3-5-13/h1-11H,(H,19,20). The maximum absolute atomic E-state index is 5.79. The summed E-state index contributed by atoms with van der Waals surface area (Å²) in [5, 5.41) is 3.47. The molecule has 0 spiro atoms. The third-order valence-electron chi connectivity index (χ3n) is 2.71. The minimum Gasteiger partial charge on any atom is -0.457 e. The van der Waals surface area contributed by atoms with Crippen molar-refractivity contribution in [1.82, 2.24) is 9.97 Å². The van der Waals surface area contributed by atoms with E-state index in [0.29, 0.717) is 11.0 Å². The third kappa shape index (κ3) is 3.70. The van der Waals surface area contributed by atoms with Gasteiger partial charge in [-0.3, -0.25) is 4.98 Å². The Bertz CT molecular complexity index is 717. The molecule has 0 atom stereocenters. The van der Waals surface area contributed by atoms with Crippen molar-refractivity contribution in [3.05, 3.63) is 72.1 Å². The molecule has 0 unspecified atom stereocenters. The summed E-state index contributed by atoms with van der Waals surface area (Å²) in [6, 6.07) is 17.2. The minimum absolute atomic E-state index is 0.351. The molecular weight excluding hydrogens is 286 g/mol. The Hall–Kier alpha value is -2.59. The second-order valence-corrected chi connectivity index (χ2v) is 4.68. The SMILES string of the molecule is Clc1cncc(Nc2ccc(Oc3ccccc3)cc2)n1. The molecule has 0 aliphatic heterocycles. The average Bonchev–Trinajstić information content (AvgIpc) is 2.50. The van der Waals surface area contributed by atoms with Crippen LogP contribution in [0, 0.1) is 0 Å². The molecule has 21 heavy (non-hydrogen) atoms. The van der Waals surface area contributed by atoms with Crippen molar-refractivity contribution >= 4 is 23.1 Å². The van der Waals surface area contributed by atoms with Crippen LogP contribution >= 0.6 is 11.6 Å². The first-order valence-corrected chi connectivity index (χ1v) is 6.75. The lowest BCUT2D eigenvalue weighted by Crippen LogP contribution is -1.94. The van der Waals surface area contributed by atoms with Crippen LogP contribution in [0.3, 0.4) is 0 Å². The number of anilines is 2. The van der Waals surface area contributed by atoms with E-state index in [-0.39, 0.29) is 0 Å². The van der Waals surface area contributed by atoms with Crippen molar-refractivity contribution in [3.8, 4) is 11.5 Å². The molecule has 0 saturated heterocycles. The summed E-state index contributed by atoms with van der Waals surface area (Å²) in [6.07, 6.45) is 3.10. The normalized spacial score (nSPS) is 10.1. The first kappa shape index (κ1) is 13.4. The Morgan fingerprint density at radius 1 is 0.857 bits per heavy atom. The van der Waals surface area contributed by atoms with E-state index in [1.54, 1.807) is 6.20 Å². The average molecular weight is 298 g/mol. The molecule has 0 aliphatic rings. The highest BCUT2D eigenvalue weighted by atomic mass is 35.5. The Balaban J connectivity index is 1.69. The van der Waals surface area contributed by atoms with Gasteiger partial charge in [-0.15, -0.1) is 0 Å². The Kier molecular flexibility index (Phi) is 3.98. The molecule has 1 heterocycles. The van der Waals surface area contributed by atoms with E-state index >= 15 is 0 Å². The lowest BCUT2D eigenvalue weighted by Gasteiger charge is -2.08. The van der Waals surface area contributed by atoms with Gasteiger partial charge in [-0.1, -0.05) is 29.8 Å². The van der Waals surface area contributed by atoms with E-state index in [9.17, 15) is 0 Å². The van der Waals surface area contributed by atoms with Gasteiger partial charge in [-0.05, 0) is 36.4 Å². The number of halogens is 1. The van der Waals surface area contributed by atoms with E-state index in [1.807, 2.05) is 54.6 Å². The zero-order chi connectivity index (χ0) is 14.5. The minimum atomic E-state index is 0.351. The fourth-order valence-electron chi connectivity index (χ4n) is 1.78. The van der Waals surface area contributed by atoms with Crippen LogP contribution in [-0.2, 0) is 0 Å². The molecular formula is C16H12ClN3O. The predicted molar refractivity (Wildman–Crippen MR) is 83.3 cm³/mol. The zero-order valence-corrected chi connectivity index (χ0v) is 11.8. The highest BCUT2D eigenvalue weighted by molar-refractivity contribution is 6.29. The smallest absolute Gasteiger partial charge is 0.150 e. The number of nitrogens with one attached hydrogen (secondary N) is 1. The molecule has 104 valence electrons. The van der Waals surface area contributed by atoms with E-state index in [1.165, 1.54) is 6.20 Å². The van der Waals surface area contributed by atoms with E-state index in [0.717, 1.165) is 17.2 Å². The van der Waals surface area contributed by atoms with Crippen LogP contribution < -0.4 is 10.1 Å². The highest BCUT2D eigenvalue weighted by Crippen LogP contribution is 2.23. The molecule has 3 aromatic rings. The zero-order valence-electron chi connectivity index (χ0n) is 11.0. The quantitative estimate of drug-likeness (QED) is 0.760. The Morgan fingerprint density at radius 3 is 2.29 bits per heavy atom. The first-order valence-electron chi connectivity index (χ1n) is 6.37. The number of nitrogens with zero attached hydrogens (tertiary/aromatic N) is 2. The van der Waals surface area contributed by atoms with Crippen LogP contribution in [0.15, 0.2) is 67.0 Å². The van der Waals surface area contributed by atoms with Gasteiger partial charge < -0.3 is 10.1 Å². The first-order chi connectivity index (χ1) is 10.3. The summed E-state index contributed by atoms with van der Waals surface area (Å²) < 4.78 is 5.73. The van der Waals surface area contributed by atoms with Crippen LogP contribution in [0.4, 0.5) is 11.5 Å². The van der Waals surface area contributed by atoms with Gasteiger partial charge in [0.15, 0.2) is 5.82 Å². The van der Waals surface area contributed by atoms with Gasteiger partial charge in [0.2, 0.25) is 0 Å². The second kappa shape index (κ2) is 6.24. The molecule has 0 aliphatic carbocycles. The molecule has 2 aromatic carbocycles. The molecule has 3 rings (SSSR count). The fourth-order valence-corrected chi connectivity index (χ4v) is 1.93. The van der Waals surface area contributed by atoms with Gasteiger partial charge in [-0.2, -0.15) is 0 Å². The predicted octanol–water partition coefficient (Wildman–Crippen LogP) is 4.67. The number of hydrogen-bond acceptors (Lipinski definition) is 4. The summed E-state index contributed by atoms with van der Waals surface area (Å²) in [6.45, 7) is 0. The fraction of sp³-hybridized carbons (Fsp3) is 0. The van der Waals surface area contributed by atoms with E-state index in [2.05, 4.69) is 15.3 Å². The largest absolute Gasteiger partial charge is 0.457 e. The molecule has 4 nitrogen and oxygen atoms in total. The lowest BCUT2D eigenvalue weighted by atomic mass is 10.3. The van der Waals surface area contributed by atoms with Crippen molar-refractivity contribution in [1.29, 1.82) is 0 Å². The van der Waals surface area contributed by atoms with Crippen LogP contribution in [0.1, 0.15) is 0 Å². The topological polar surface area (TPSA) is 47.0 Å². The number of hydrogen-bond donors (Lipinski definition) is 1.